The number of nitrogens with zero attached hydrogens (tertiary/aromatic N) is 1. The summed E-state index contributed by atoms with van der Waals surface area (Å²) in [6, 6.07) is 10.2. The van der Waals surface area contributed by atoms with Crippen molar-refractivity contribution in [2.45, 2.75) is 31.9 Å². The van der Waals surface area contributed by atoms with Crippen LogP contribution in [0.25, 0.3) is 0 Å². The predicted molar refractivity (Wildman–Crippen MR) is 88.4 cm³/mol. The molecule has 1 saturated heterocycles. The zero-order valence-electron chi connectivity index (χ0n) is 13.4. The summed E-state index contributed by atoms with van der Waals surface area (Å²) in [5, 5.41) is 11.1. The molecule has 2 atom stereocenters. The Morgan fingerprint density at radius 2 is 2.17 bits per heavy atom. The zero-order valence-corrected chi connectivity index (χ0v) is 13.4. The van der Waals surface area contributed by atoms with Gasteiger partial charge in [0.15, 0.2) is 0 Å². The van der Waals surface area contributed by atoms with Gasteiger partial charge >= 0.3 is 5.97 Å². The van der Waals surface area contributed by atoms with Crippen molar-refractivity contribution in [3.8, 4) is 0 Å². The molecule has 0 bridgehead atoms. The molecule has 1 fully saturated rings. The van der Waals surface area contributed by atoms with Gasteiger partial charge in [0.2, 0.25) is 0 Å². The average molecular weight is 313 g/mol. The fourth-order valence-electron chi connectivity index (χ4n) is 3.56. The van der Waals surface area contributed by atoms with Gasteiger partial charge in [-0.3, -0.25) is 4.79 Å². The Morgan fingerprint density at radius 3 is 2.91 bits per heavy atom. The molecule has 0 spiro atoms. The molecule has 4 nitrogen and oxygen atoms in total. The smallest absolute Gasteiger partial charge is 0.308 e. The van der Waals surface area contributed by atoms with Gasteiger partial charge in [0, 0.05) is 24.7 Å². The van der Waals surface area contributed by atoms with E-state index in [1.807, 2.05) is 24.3 Å². The number of benzene rings is 1. The summed E-state index contributed by atoms with van der Waals surface area (Å²) in [7, 11) is 0. The van der Waals surface area contributed by atoms with Gasteiger partial charge in [0.25, 0.3) is 0 Å². The van der Waals surface area contributed by atoms with Crippen LogP contribution >= 0.6 is 0 Å². The lowest BCUT2D eigenvalue weighted by Gasteiger charge is -2.28. The number of hydrogen-bond donors (Lipinski definition) is 1. The molecule has 0 saturated carbocycles. The molecule has 0 aromatic heterocycles. The minimum absolute atomic E-state index is 0.0411. The number of rotatable bonds is 5. The summed E-state index contributed by atoms with van der Waals surface area (Å²) in [5.41, 5.74) is 1.25. The maximum absolute atomic E-state index is 11.9. The maximum Gasteiger partial charge on any atom is 0.308 e. The Labute approximate surface area is 137 Å². The Balaban J connectivity index is 1.80. The van der Waals surface area contributed by atoms with Gasteiger partial charge in [0.1, 0.15) is 5.60 Å². The molecule has 1 N–H and O–H groups in total. The molecule has 0 radical (unpaired) electrons. The second kappa shape index (κ2) is 6.59. The maximum atomic E-state index is 11.9. The molecule has 0 amide bonds. The number of hydrogen-bond acceptors (Lipinski definition) is 4. The molecule has 4 heteroatoms. The number of carbonyl (C=O) groups is 1. The Morgan fingerprint density at radius 1 is 1.39 bits per heavy atom. The molecule has 1 aliphatic heterocycles. The third-order valence-electron chi connectivity index (χ3n) is 4.58. The highest BCUT2D eigenvalue weighted by molar-refractivity contribution is 5.71. The third-order valence-corrected chi connectivity index (χ3v) is 4.58. The fourth-order valence-corrected chi connectivity index (χ4v) is 3.56. The lowest BCUT2D eigenvalue weighted by Crippen LogP contribution is -2.40. The molecular formula is C19H23NO3. The Hall–Kier alpha value is -2.07. The van der Waals surface area contributed by atoms with E-state index in [2.05, 4.69) is 29.2 Å². The fraction of sp³-hybridized carbons (Fsp3) is 0.421. The minimum atomic E-state index is -1.06. The minimum Gasteiger partial charge on any atom is -0.466 e. The van der Waals surface area contributed by atoms with E-state index in [0.29, 0.717) is 13.2 Å². The van der Waals surface area contributed by atoms with E-state index in [9.17, 15) is 9.90 Å². The van der Waals surface area contributed by atoms with Crippen LogP contribution in [0.2, 0.25) is 0 Å². The highest BCUT2D eigenvalue weighted by atomic mass is 16.5. The number of fused-ring (bicyclic) bond motifs is 1. The molecule has 1 aliphatic carbocycles. The first-order valence-electron chi connectivity index (χ1n) is 8.16. The number of esters is 1. The van der Waals surface area contributed by atoms with Crippen LogP contribution in [0.5, 0.6) is 0 Å². The van der Waals surface area contributed by atoms with Crippen LogP contribution in [0.1, 0.15) is 25.3 Å². The van der Waals surface area contributed by atoms with E-state index in [4.69, 9.17) is 4.74 Å². The lowest BCUT2D eigenvalue weighted by atomic mass is 9.82. The van der Waals surface area contributed by atoms with Crippen molar-refractivity contribution in [2.24, 2.45) is 5.92 Å². The predicted octanol–water partition coefficient (Wildman–Crippen LogP) is 2.65. The lowest BCUT2D eigenvalue weighted by molar-refractivity contribution is -0.149. The van der Waals surface area contributed by atoms with Gasteiger partial charge in [-0.2, -0.15) is 0 Å². The van der Waals surface area contributed by atoms with Crippen LogP contribution in [0.3, 0.4) is 0 Å². The molecule has 3 rings (SSSR count). The van der Waals surface area contributed by atoms with Gasteiger partial charge in [-0.15, -0.1) is 0 Å². The van der Waals surface area contributed by atoms with Crippen LogP contribution in [0.15, 0.2) is 54.3 Å². The molecule has 1 heterocycles. The Kier molecular flexibility index (Phi) is 4.53. The summed E-state index contributed by atoms with van der Waals surface area (Å²) < 4.78 is 5.05. The molecule has 2 unspecified atom stereocenters. The summed E-state index contributed by atoms with van der Waals surface area (Å²) in [4.78, 5) is 14.1. The van der Waals surface area contributed by atoms with Crippen molar-refractivity contribution >= 4 is 5.97 Å². The van der Waals surface area contributed by atoms with Crippen LogP contribution in [0, 0.1) is 5.92 Å². The average Bonchev–Trinajstić information content (AvgIpc) is 2.81. The monoisotopic (exact) mass is 313 g/mol. The summed E-state index contributed by atoms with van der Waals surface area (Å²) >= 11 is 0. The van der Waals surface area contributed by atoms with Crippen molar-refractivity contribution < 1.29 is 14.6 Å². The first kappa shape index (κ1) is 15.8. The van der Waals surface area contributed by atoms with Gasteiger partial charge in [-0.1, -0.05) is 42.5 Å². The SMILES string of the molecule is CCOC(=O)CC1(O)CN(Cc2ccccc2)C2=CC=CCC21. The summed E-state index contributed by atoms with van der Waals surface area (Å²) in [5.74, 6) is -0.369. The van der Waals surface area contributed by atoms with E-state index in [-0.39, 0.29) is 18.3 Å². The molecule has 23 heavy (non-hydrogen) atoms. The van der Waals surface area contributed by atoms with Gasteiger partial charge in [-0.05, 0) is 25.0 Å². The van der Waals surface area contributed by atoms with Crippen molar-refractivity contribution in [1.29, 1.82) is 0 Å². The van der Waals surface area contributed by atoms with Gasteiger partial charge in [0.05, 0.1) is 13.0 Å². The van der Waals surface area contributed by atoms with E-state index in [1.165, 1.54) is 5.56 Å². The van der Waals surface area contributed by atoms with Crippen molar-refractivity contribution in [1.82, 2.24) is 4.90 Å². The second-order valence-corrected chi connectivity index (χ2v) is 6.24. The van der Waals surface area contributed by atoms with Crippen LogP contribution in [0.4, 0.5) is 0 Å². The molecule has 1 aromatic rings. The Bertz CT molecular complexity index is 623. The van der Waals surface area contributed by atoms with Crippen molar-refractivity contribution in [2.75, 3.05) is 13.2 Å². The van der Waals surface area contributed by atoms with Crippen LogP contribution in [-0.2, 0) is 16.1 Å². The molecule has 1 aromatic carbocycles. The van der Waals surface area contributed by atoms with Gasteiger partial charge < -0.3 is 14.7 Å². The number of allylic oxidation sites excluding steroid dienone is 3. The topological polar surface area (TPSA) is 49.8 Å². The second-order valence-electron chi connectivity index (χ2n) is 6.24. The highest BCUT2D eigenvalue weighted by Crippen LogP contribution is 2.43. The molecular weight excluding hydrogens is 290 g/mol. The molecule has 2 aliphatic rings. The summed E-state index contributed by atoms with van der Waals surface area (Å²) in [6.45, 7) is 3.32. The van der Waals surface area contributed by atoms with E-state index >= 15 is 0 Å². The van der Waals surface area contributed by atoms with Gasteiger partial charge in [-0.25, -0.2) is 0 Å². The van der Waals surface area contributed by atoms with E-state index in [0.717, 1.165) is 18.7 Å². The normalized spacial score (nSPS) is 25.9. The quantitative estimate of drug-likeness (QED) is 0.849. The number of carbonyl (C=O) groups excluding carboxylic acids is 1. The van der Waals surface area contributed by atoms with Crippen molar-refractivity contribution in [3.05, 3.63) is 59.8 Å². The van der Waals surface area contributed by atoms with E-state index in [1.54, 1.807) is 6.92 Å². The largest absolute Gasteiger partial charge is 0.466 e. The van der Waals surface area contributed by atoms with Crippen LogP contribution < -0.4 is 0 Å². The summed E-state index contributed by atoms with van der Waals surface area (Å²) in [6.07, 6.45) is 6.94. The first-order chi connectivity index (χ1) is 11.1. The standard InChI is InChI=1S/C19H23NO3/c1-2-23-18(21)12-19(22)14-20(13-15-8-4-3-5-9-15)17-11-7-6-10-16(17)19/h3-9,11,16,22H,2,10,12-14H2,1H3. The third kappa shape index (κ3) is 3.32. The number of likely N-dealkylation sites (tertiary alicyclic amines) is 1. The number of ether oxygens (including phenoxy) is 1. The first-order valence-corrected chi connectivity index (χ1v) is 8.16. The molecule has 122 valence electrons. The van der Waals surface area contributed by atoms with Crippen molar-refractivity contribution in [3.63, 3.8) is 0 Å². The zero-order chi connectivity index (χ0) is 16.3. The highest BCUT2D eigenvalue weighted by Gasteiger charge is 2.49. The van der Waals surface area contributed by atoms with E-state index < -0.39 is 5.60 Å². The number of β-amino-alcohol motifs (C(OH)–C–C–N with tert-alkyl or cyclic N) is 1. The number of aliphatic hydroxyl groups is 1. The van der Waals surface area contributed by atoms with Crippen LogP contribution in [-0.4, -0.2) is 34.7 Å².